The number of para-hydroxylation sites is 2. The average Bonchev–Trinajstić information content (AvgIpc) is 2.72. The molecule has 110 valence electrons. The van der Waals surface area contributed by atoms with Gasteiger partial charge in [0.15, 0.2) is 0 Å². The molecular formula is C14H14ClN3O2S. The fourth-order valence-electron chi connectivity index (χ4n) is 2.38. The Morgan fingerprint density at radius 2 is 1.86 bits per heavy atom. The van der Waals surface area contributed by atoms with Crippen LogP contribution in [0.1, 0.15) is 6.42 Å². The molecule has 0 N–H and O–H groups in total. The van der Waals surface area contributed by atoms with Gasteiger partial charge in [0.05, 0.1) is 23.3 Å². The summed E-state index contributed by atoms with van der Waals surface area (Å²) in [6.07, 6.45) is 3.75. The van der Waals surface area contributed by atoms with Crippen LogP contribution in [0.4, 0.5) is 17.1 Å². The van der Waals surface area contributed by atoms with Crippen molar-refractivity contribution >= 4 is 38.9 Å². The maximum absolute atomic E-state index is 12.8. The van der Waals surface area contributed by atoms with Crippen molar-refractivity contribution in [2.24, 2.45) is 0 Å². The summed E-state index contributed by atoms with van der Waals surface area (Å²) in [5.74, 6) is 0.418. The van der Waals surface area contributed by atoms with E-state index in [1.807, 2.05) is 12.1 Å². The Bertz CT molecular complexity index is 737. The zero-order valence-corrected chi connectivity index (χ0v) is 12.8. The highest BCUT2D eigenvalue weighted by Gasteiger charge is 2.40. The second-order valence-corrected chi connectivity index (χ2v) is 6.67. The molecule has 1 aliphatic rings. The standard InChI is InChI=1S/C14H14ClN3O2S/c15-8-4-10-17-13-6-1-2-7-14(13)18(21(17,19)20)12-5-3-9-16-11-12/h1-3,5-7,9,11H,4,8,10H2. The number of halogens is 1. The lowest BCUT2D eigenvalue weighted by Crippen LogP contribution is -2.36. The maximum atomic E-state index is 12.8. The van der Waals surface area contributed by atoms with Crippen LogP contribution in [0.25, 0.3) is 0 Å². The fraction of sp³-hybridized carbons (Fsp3) is 0.214. The van der Waals surface area contributed by atoms with Crippen LogP contribution in [0.15, 0.2) is 48.8 Å². The minimum absolute atomic E-state index is 0.361. The molecule has 1 aromatic carbocycles. The summed E-state index contributed by atoms with van der Waals surface area (Å²) in [5.41, 5.74) is 1.84. The first-order valence-corrected chi connectivity index (χ1v) is 8.47. The zero-order chi connectivity index (χ0) is 14.9. The number of pyridine rings is 1. The Morgan fingerprint density at radius 3 is 2.52 bits per heavy atom. The SMILES string of the molecule is O=S1(=O)N(CCCCl)c2ccccc2N1c1cccnc1. The Balaban J connectivity index is 2.13. The van der Waals surface area contributed by atoms with Crippen molar-refractivity contribution in [1.29, 1.82) is 0 Å². The average molecular weight is 324 g/mol. The van der Waals surface area contributed by atoms with Gasteiger partial charge in [-0.05, 0) is 30.7 Å². The zero-order valence-electron chi connectivity index (χ0n) is 11.2. The van der Waals surface area contributed by atoms with Crippen LogP contribution in [0.2, 0.25) is 0 Å². The molecule has 0 saturated carbocycles. The van der Waals surface area contributed by atoms with Gasteiger partial charge in [0.2, 0.25) is 0 Å². The number of alkyl halides is 1. The third-order valence-corrected chi connectivity index (χ3v) is 5.33. The number of nitrogens with zero attached hydrogens (tertiary/aromatic N) is 3. The van der Waals surface area contributed by atoms with E-state index in [4.69, 9.17) is 11.6 Å². The molecule has 0 amide bonds. The summed E-state index contributed by atoms with van der Waals surface area (Å²) in [4.78, 5) is 4.01. The van der Waals surface area contributed by atoms with Crippen molar-refractivity contribution in [2.75, 3.05) is 21.0 Å². The van der Waals surface area contributed by atoms with Gasteiger partial charge >= 0.3 is 10.2 Å². The lowest BCUT2D eigenvalue weighted by atomic mass is 10.2. The predicted molar refractivity (Wildman–Crippen MR) is 84.4 cm³/mol. The fourth-order valence-corrected chi connectivity index (χ4v) is 4.24. The van der Waals surface area contributed by atoms with Gasteiger partial charge in [-0.15, -0.1) is 11.6 Å². The van der Waals surface area contributed by atoms with Crippen LogP contribution < -0.4 is 8.61 Å². The lowest BCUT2D eigenvalue weighted by Gasteiger charge is -2.21. The van der Waals surface area contributed by atoms with Crippen LogP contribution in [0.5, 0.6) is 0 Å². The van der Waals surface area contributed by atoms with E-state index in [9.17, 15) is 8.42 Å². The topological polar surface area (TPSA) is 53.5 Å². The summed E-state index contributed by atoms with van der Waals surface area (Å²) in [6, 6.07) is 10.7. The number of rotatable bonds is 4. The monoisotopic (exact) mass is 323 g/mol. The van der Waals surface area contributed by atoms with E-state index in [1.54, 1.807) is 36.7 Å². The van der Waals surface area contributed by atoms with Gasteiger partial charge in [-0.2, -0.15) is 8.42 Å². The molecule has 7 heteroatoms. The van der Waals surface area contributed by atoms with Gasteiger partial charge in [0, 0.05) is 18.6 Å². The van der Waals surface area contributed by atoms with Gasteiger partial charge < -0.3 is 0 Å². The number of hydrogen-bond acceptors (Lipinski definition) is 3. The first kappa shape index (κ1) is 14.2. The van der Waals surface area contributed by atoms with Gasteiger partial charge in [-0.3, -0.25) is 9.29 Å². The van der Waals surface area contributed by atoms with Gasteiger partial charge in [-0.1, -0.05) is 12.1 Å². The minimum Gasteiger partial charge on any atom is -0.263 e. The quantitative estimate of drug-likeness (QED) is 0.813. The van der Waals surface area contributed by atoms with Gasteiger partial charge in [0.25, 0.3) is 0 Å². The van der Waals surface area contributed by atoms with E-state index in [0.29, 0.717) is 35.9 Å². The van der Waals surface area contributed by atoms with Crippen LogP contribution in [-0.4, -0.2) is 25.8 Å². The Morgan fingerprint density at radius 1 is 1.10 bits per heavy atom. The molecule has 0 bridgehead atoms. The molecule has 1 aromatic heterocycles. The van der Waals surface area contributed by atoms with E-state index in [1.165, 1.54) is 8.61 Å². The van der Waals surface area contributed by atoms with Crippen LogP contribution in [0, 0.1) is 0 Å². The second kappa shape index (κ2) is 5.54. The predicted octanol–water partition coefficient (Wildman–Crippen LogP) is 2.91. The van der Waals surface area contributed by atoms with Crippen molar-refractivity contribution in [1.82, 2.24) is 4.98 Å². The van der Waals surface area contributed by atoms with Crippen LogP contribution >= 0.6 is 11.6 Å². The number of benzene rings is 1. The number of aromatic nitrogens is 1. The van der Waals surface area contributed by atoms with E-state index >= 15 is 0 Å². The normalized spacial score (nSPS) is 16.0. The smallest absolute Gasteiger partial charge is 0.263 e. The molecule has 2 heterocycles. The molecule has 0 unspecified atom stereocenters. The highest BCUT2D eigenvalue weighted by atomic mass is 35.5. The molecule has 1 aliphatic heterocycles. The first-order chi connectivity index (χ1) is 10.2. The highest BCUT2D eigenvalue weighted by Crippen LogP contribution is 2.44. The number of anilines is 3. The molecule has 0 fully saturated rings. The van der Waals surface area contributed by atoms with E-state index in [2.05, 4.69) is 4.98 Å². The summed E-state index contributed by atoms with van der Waals surface area (Å²) in [5, 5.41) is 0. The molecule has 0 aliphatic carbocycles. The van der Waals surface area contributed by atoms with Gasteiger partial charge in [-0.25, -0.2) is 4.31 Å². The summed E-state index contributed by atoms with van der Waals surface area (Å²) >= 11 is 5.71. The third kappa shape index (κ3) is 2.34. The van der Waals surface area contributed by atoms with E-state index in [-0.39, 0.29) is 0 Å². The van der Waals surface area contributed by atoms with Crippen molar-refractivity contribution < 1.29 is 8.42 Å². The van der Waals surface area contributed by atoms with Crippen LogP contribution in [-0.2, 0) is 10.2 Å². The molecule has 0 spiro atoms. The molecule has 21 heavy (non-hydrogen) atoms. The van der Waals surface area contributed by atoms with Crippen molar-refractivity contribution in [3.63, 3.8) is 0 Å². The Labute approximate surface area is 129 Å². The first-order valence-electron chi connectivity index (χ1n) is 6.54. The van der Waals surface area contributed by atoms with Crippen LogP contribution in [0.3, 0.4) is 0 Å². The Kier molecular flexibility index (Phi) is 3.73. The van der Waals surface area contributed by atoms with Crippen molar-refractivity contribution in [3.05, 3.63) is 48.8 Å². The van der Waals surface area contributed by atoms with Crippen molar-refractivity contribution in [2.45, 2.75) is 6.42 Å². The molecule has 0 radical (unpaired) electrons. The molecule has 0 atom stereocenters. The van der Waals surface area contributed by atoms with E-state index in [0.717, 1.165) is 0 Å². The van der Waals surface area contributed by atoms with Crippen molar-refractivity contribution in [3.8, 4) is 0 Å². The third-order valence-electron chi connectivity index (χ3n) is 3.25. The molecule has 3 rings (SSSR count). The van der Waals surface area contributed by atoms with Gasteiger partial charge in [0.1, 0.15) is 0 Å². The summed E-state index contributed by atoms with van der Waals surface area (Å²) < 4.78 is 28.4. The van der Waals surface area contributed by atoms with E-state index < -0.39 is 10.2 Å². The number of hydrogen-bond donors (Lipinski definition) is 0. The molecular weight excluding hydrogens is 310 g/mol. The second-order valence-electron chi connectivity index (χ2n) is 4.59. The molecule has 2 aromatic rings. The minimum atomic E-state index is -3.64. The number of fused-ring (bicyclic) bond motifs is 1. The largest absolute Gasteiger partial charge is 0.331 e. The molecule has 5 nitrogen and oxygen atoms in total. The maximum Gasteiger partial charge on any atom is 0.331 e. The molecule has 0 saturated heterocycles. The summed E-state index contributed by atoms with van der Waals surface area (Å²) in [7, 11) is -3.64. The Hall–Kier alpha value is -1.79. The summed E-state index contributed by atoms with van der Waals surface area (Å²) in [6.45, 7) is 0.361. The lowest BCUT2D eigenvalue weighted by molar-refractivity contribution is 0.593. The highest BCUT2D eigenvalue weighted by molar-refractivity contribution is 7.95.